The molecular weight excluding hydrogens is 626 g/mol. The zero-order valence-corrected chi connectivity index (χ0v) is 27.0. The van der Waals surface area contributed by atoms with Crippen LogP contribution in [0.15, 0.2) is 85.3 Å². The number of H-pyrrole nitrogens is 1. The molecule has 2 aromatic heterocycles. The number of nitrogens with one attached hydrogen (secondary N) is 4. The Kier molecular flexibility index (Phi) is 10.00. The minimum absolute atomic E-state index is 0.0249. The molecule has 2 aromatic carbocycles. The van der Waals surface area contributed by atoms with Crippen molar-refractivity contribution in [3.05, 3.63) is 102 Å². The monoisotopic (exact) mass is 665 g/mol. The van der Waals surface area contributed by atoms with E-state index in [0.29, 0.717) is 11.1 Å². The molecule has 5 N–H and O–H groups in total. The second-order valence-corrected chi connectivity index (χ2v) is 12.6. The van der Waals surface area contributed by atoms with E-state index in [0.717, 1.165) is 16.5 Å². The summed E-state index contributed by atoms with van der Waals surface area (Å²) in [7, 11) is 0. The SMILES string of the molecule is C[C@@H]1NC(=O)[C@@H]2C[C@@H](O)CN2C(=O)[C@@H](Cc2c[nH]c3ccccc23)NC(=O)CN(C(=O)Cc2cccnc2)C[C@@H](c2ccccc2)NC1=O. The molecule has 5 amide bonds. The number of carbonyl (C=O) groups is 5. The van der Waals surface area contributed by atoms with Gasteiger partial charge in [0.2, 0.25) is 29.5 Å². The van der Waals surface area contributed by atoms with E-state index in [2.05, 4.69) is 25.9 Å². The van der Waals surface area contributed by atoms with E-state index in [1.165, 1.54) is 16.7 Å². The van der Waals surface area contributed by atoms with Gasteiger partial charge in [-0.05, 0) is 35.7 Å². The third-order valence-electron chi connectivity index (χ3n) is 9.04. The summed E-state index contributed by atoms with van der Waals surface area (Å²) in [4.78, 5) is 79.0. The molecule has 2 fully saturated rings. The highest BCUT2D eigenvalue weighted by molar-refractivity contribution is 5.96. The van der Waals surface area contributed by atoms with Gasteiger partial charge >= 0.3 is 0 Å². The standard InChI is InChI=1S/C36H39N7O6/c1-22-34(47)41-30(24-9-3-2-4-10-24)20-42(33(46)14-23-8-7-13-37-17-23)21-32(45)40-29(15-25-18-38-28-12-6-5-11-27(25)28)36(49)43-19-26(44)16-31(43)35(48)39-22/h2-13,17-18,22,26,29-31,38,44H,14-16,19-21H2,1H3,(H,39,48)(H,40,45)(H,41,47)/t22-,26+,29+,30-,31-/m0/s1. The fourth-order valence-electron chi connectivity index (χ4n) is 6.50. The summed E-state index contributed by atoms with van der Waals surface area (Å²) in [5.74, 6) is -2.65. The van der Waals surface area contributed by atoms with E-state index in [9.17, 15) is 29.1 Å². The van der Waals surface area contributed by atoms with Gasteiger partial charge in [-0.15, -0.1) is 0 Å². The number of amides is 5. The predicted octanol–water partition coefficient (Wildman–Crippen LogP) is 0.999. The van der Waals surface area contributed by atoms with Crippen molar-refractivity contribution < 1.29 is 29.1 Å². The molecule has 2 aliphatic heterocycles. The maximum atomic E-state index is 14.2. The average molecular weight is 666 g/mol. The van der Waals surface area contributed by atoms with E-state index >= 15 is 0 Å². The number of nitrogens with zero attached hydrogens (tertiary/aromatic N) is 3. The molecule has 4 aromatic rings. The largest absolute Gasteiger partial charge is 0.391 e. The smallest absolute Gasteiger partial charge is 0.246 e. The molecule has 2 saturated heterocycles. The van der Waals surface area contributed by atoms with Gasteiger partial charge in [0.25, 0.3) is 0 Å². The van der Waals surface area contributed by atoms with Crippen LogP contribution in [0.3, 0.4) is 0 Å². The van der Waals surface area contributed by atoms with Gasteiger partial charge in [0.05, 0.1) is 25.1 Å². The lowest BCUT2D eigenvalue weighted by molar-refractivity contribution is -0.142. The lowest BCUT2D eigenvalue weighted by atomic mass is 10.0. The van der Waals surface area contributed by atoms with Crippen molar-refractivity contribution in [2.24, 2.45) is 0 Å². The van der Waals surface area contributed by atoms with Gasteiger partial charge in [-0.1, -0.05) is 54.6 Å². The first-order valence-electron chi connectivity index (χ1n) is 16.3. The highest BCUT2D eigenvalue weighted by atomic mass is 16.3. The van der Waals surface area contributed by atoms with Crippen molar-refractivity contribution in [3.63, 3.8) is 0 Å². The first kappa shape index (κ1) is 33.3. The van der Waals surface area contributed by atoms with Crippen LogP contribution >= 0.6 is 0 Å². The number of aromatic amines is 1. The number of rotatable bonds is 5. The molecule has 13 nitrogen and oxygen atoms in total. The van der Waals surface area contributed by atoms with Gasteiger partial charge in [0.15, 0.2) is 0 Å². The molecule has 5 atom stereocenters. The highest BCUT2D eigenvalue weighted by Gasteiger charge is 2.42. The van der Waals surface area contributed by atoms with Crippen molar-refractivity contribution >= 4 is 40.4 Å². The molecule has 4 heterocycles. The minimum Gasteiger partial charge on any atom is -0.391 e. The predicted molar refractivity (Wildman–Crippen MR) is 180 cm³/mol. The summed E-state index contributed by atoms with van der Waals surface area (Å²) in [5, 5.41) is 20.0. The van der Waals surface area contributed by atoms with E-state index in [1.54, 1.807) is 55.0 Å². The number of hydrogen-bond acceptors (Lipinski definition) is 7. The fraction of sp³-hybridized carbons (Fsp3) is 0.333. The zero-order chi connectivity index (χ0) is 34.5. The topological polar surface area (TPSA) is 177 Å². The summed E-state index contributed by atoms with van der Waals surface area (Å²) >= 11 is 0. The van der Waals surface area contributed by atoms with Gasteiger partial charge in [-0.2, -0.15) is 0 Å². The Bertz CT molecular complexity index is 1830. The molecule has 0 saturated carbocycles. The van der Waals surface area contributed by atoms with E-state index < -0.39 is 60.4 Å². The van der Waals surface area contributed by atoms with Crippen LogP contribution in [0.25, 0.3) is 10.9 Å². The summed E-state index contributed by atoms with van der Waals surface area (Å²) < 4.78 is 0. The molecule has 0 radical (unpaired) electrons. The molecule has 0 aliphatic carbocycles. The van der Waals surface area contributed by atoms with Crippen molar-refractivity contribution in [2.75, 3.05) is 19.6 Å². The number of fused-ring (bicyclic) bond motifs is 2. The lowest BCUT2D eigenvalue weighted by Crippen LogP contribution is -2.56. The number of benzene rings is 2. The van der Waals surface area contributed by atoms with E-state index in [-0.39, 0.29) is 38.3 Å². The fourth-order valence-corrected chi connectivity index (χ4v) is 6.50. The van der Waals surface area contributed by atoms with Crippen molar-refractivity contribution in [3.8, 4) is 0 Å². The maximum Gasteiger partial charge on any atom is 0.246 e. The lowest BCUT2D eigenvalue weighted by Gasteiger charge is -2.30. The molecule has 6 rings (SSSR count). The van der Waals surface area contributed by atoms with Gasteiger partial charge in [0.1, 0.15) is 18.1 Å². The van der Waals surface area contributed by atoms with Crippen LogP contribution in [-0.2, 0) is 36.8 Å². The number of para-hydroxylation sites is 1. The van der Waals surface area contributed by atoms with Crippen molar-refractivity contribution in [1.29, 1.82) is 0 Å². The minimum atomic E-state index is -1.13. The van der Waals surface area contributed by atoms with Gasteiger partial charge in [0, 0.05) is 55.4 Å². The molecule has 254 valence electrons. The Labute approximate surface area is 283 Å². The van der Waals surface area contributed by atoms with Crippen LogP contribution < -0.4 is 16.0 Å². The van der Waals surface area contributed by atoms with Crippen LogP contribution in [0, 0.1) is 0 Å². The third kappa shape index (κ3) is 7.78. The van der Waals surface area contributed by atoms with Crippen LogP contribution in [0.2, 0.25) is 0 Å². The second kappa shape index (κ2) is 14.7. The average Bonchev–Trinajstić information content (AvgIpc) is 3.70. The second-order valence-electron chi connectivity index (χ2n) is 12.6. The van der Waals surface area contributed by atoms with Crippen LogP contribution in [0.5, 0.6) is 0 Å². The van der Waals surface area contributed by atoms with Gasteiger partial charge in [-0.3, -0.25) is 29.0 Å². The maximum absolute atomic E-state index is 14.2. The number of aromatic nitrogens is 2. The zero-order valence-electron chi connectivity index (χ0n) is 27.0. The third-order valence-corrected chi connectivity index (χ3v) is 9.04. The highest BCUT2D eigenvalue weighted by Crippen LogP contribution is 2.24. The van der Waals surface area contributed by atoms with Gasteiger partial charge < -0.3 is 35.8 Å². The molecular formula is C36H39N7O6. The van der Waals surface area contributed by atoms with Crippen molar-refractivity contribution in [2.45, 2.75) is 56.5 Å². The summed E-state index contributed by atoms with van der Waals surface area (Å²) in [5.41, 5.74) is 2.96. The summed E-state index contributed by atoms with van der Waals surface area (Å²) in [6.45, 7) is 0.935. The first-order valence-corrected chi connectivity index (χ1v) is 16.3. The van der Waals surface area contributed by atoms with Crippen LogP contribution in [-0.4, -0.2) is 98.3 Å². The number of pyridine rings is 1. The summed E-state index contributed by atoms with van der Waals surface area (Å²) in [6, 6.07) is 16.1. The Morgan fingerprint density at radius 3 is 2.47 bits per heavy atom. The molecule has 0 spiro atoms. The number of aliphatic hydroxyl groups excluding tert-OH is 1. The Hall–Kier alpha value is -5.56. The first-order chi connectivity index (χ1) is 23.7. The number of carbonyl (C=O) groups excluding carboxylic acids is 5. The molecule has 13 heteroatoms. The van der Waals surface area contributed by atoms with Crippen molar-refractivity contribution in [1.82, 2.24) is 35.7 Å². The van der Waals surface area contributed by atoms with E-state index in [4.69, 9.17) is 0 Å². The molecule has 49 heavy (non-hydrogen) atoms. The Morgan fingerprint density at radius 2 is 1.69 bits per heavy atom. The molecule has 2 aliphatic rings. The van der Waals surface area contributed by atoms with Gasteiger partial charge in [-0.25, -0.2) is 0 Å². The Balaban J connectivity index is 1.37. The molecule has 0 unspecified atom stereocenters. The normalized spacial score (nSPS) is 24.0. The molecule has 0 bridgehead atoms. The van der Waals surface area contributed by atoms with Crippen LogP contribution in [0.1, 0.15) is 36.1 Å². The number of aliphatic hydroxyl groups is 1. The summed E-state index contributed by atoms with van der Waals surface area (Å²) in [6.07, 6.45) is 3.98. The Morgan fingerprint density at radius 1 is 0.918 bits per heavy atom. The van der Waals surface area contributed by atoms with Crippen LogP contribution in [0.4, 0.5) is 0 Å². The number of hydrogen-bond donors (Lipinski definition) is 5. The quantitative estimate of drug-likeness (QED) is 0.211. The van der Waals surface area contributed by atoms with E-state index in [1.807, 2.05) is 30.3 Å².